The van der Waals surface area contributed by atoms with Crippen LogP contribution in [0.25, 0.3) is 0 Å². The average Bonchev–Trinajstić information content (AvgIpc) is 2.88. The van der Waals surface area contributed by atoms with E-state index in [2.05, 4.69) is 43.3 Å². The molecule has 0 aliphatic rings. The van der Waals surface area contributed by atoms with Gasteiger partial charge in [0.25, 0.3) is 5.91 Å². The highest BCUT2D eigenvalue weighted by Gasteiger charge is 2.31. The number of allylic oxidation sites excluding steroid dienone is 2. The second-order valence-electron chi connectivity index (χ2n) is 10.6. The van der Waals surface area contributed by atoms with Gasteiger partial charge in [-0.25, -0.2) is 0 Å². The summed E-state index contributed by atoms with van der Waals surface area (Å²) in [6, 6.07) is 24.3. The molecule has 1 amide bonds. The fraction of sp³-hybridized carbons (Fsp3) is 0.281. The Bertz CT molecular complexity index is 1310. The lowest BCUT2D eigenvalue weighted by Crippen LogP contribution is -2.31. The maximum atomic E-state index is 13.3. The number of carbonyl (C=O) groups is 1. The largest absolute Gasteiger partial charge is 0.415 e. The first-order valence-electron chi connectivity index (χ1n) is 12.9. The first-order valence-corrected chi connectivity index (χ1v) is 12.9. The molecular weight excluding hydrogens is 499 g/mol. The number of nitrogens with one attached hydrogen (secondary N) is 3. The average molecular weight is 536 g/mol. The molecule has 0 spiro atoms. The predicted molar refractivity (Wildman–Crippen MR) is 154 cm³/mol. The SMILES string of the molecule is C=C(/C=C(\Nc1cccc(CC)c1)C(=O)Nc1cccc(C(NCC(C)(C)C)c2ccccc2)c1)C(F)(F)F. The predicted octanol–water partition coefficient (Wildman–Crippen LogP) is 8.03. The number of hydrogen-bond donors (Lipinski definition) is 3. The van der Waals surface area contributed by atoms with Gasteiger partial charge in [0.2, 0.25) is 0 Å². The summed E-state index contributed by atoms with van der Waals surface area (Å²) < 4.78 is 39.9. The lowest BCUT2D eigenvalue weighted by molar-refractivity contribution is -0.112. The number of benzene rings is 3. The van der Waals surface area contributed by atoms with Gasteiger partial charge < -0.3 is 16.0 Å². The molecule has 206 valence electrons. The van der Waals surface area contributed by atoms with Crippen LogP contribution < -0.4 is 16.0 Å². The van der Waals surface area contributed by atoms with E-state index in [1.54, 1.807) is 24.3 Å². The Morgan fingerprint density at radius 1 is 0.872 bits per heavy atom. The molecule has 0 aliphatic heterocycles. The van der Waals surface area contributed by atoms with Gasteiger partial charge in [-0.15, -0.1) is 0 Å². The molecule has 0 radical (unpaired) electrons. The van der Waals surface area contributed by atoms with Crippen LogP contribution in [-0.2, 0) is 11.2 Å². The standard InChI is InChI=1S/C32H36F3N3O/c1-6-23-12-10-16-26(19-23)37-28(18-22(2)32(33,34)35)30(39)38-27-17-11-15-25(20-27)29(36-21-31(3,4)5)24-13-8-7-9-14-24/h7-20,29,36-37H,2,6,21H2,1,3-5H3,(H,38,39)/b28-18-. The molecule has 0 saturated heterocycles. The van der Waals surface area contributed by atoms with E-state index in [0.29, 0.717) is 11.4 Å². The fourth-order valence-electron chi connectivity index (χ4n) is 3.92. The highest BCUT2D eigenvalue weighted by Crippen LogP contribution is 2.28. The molecule has 0 fully saturated rings. The lowest BCUT2D eigenvalue weighted by Gasteiger charge is -2.26. The van der Waals surface area contributed by atoms with Crippen LogP contribution in [0.2, 0.25) is 0 Å². The third-order valence-electron chi connectivity index (χ3n) is 5.99. The first kappa shape index (κ1) is 29.7. The Morgan fingerprint density at radius 2 is 1.49 bits per heavy atom. The molecule has 4 nitrogen and oxygen atoms in total. The molecule has 1 unspecified atom stereocenters. The number of aryl methyl sites for hydroxylation is 1. The van der Waals surface area contributed by atoms with Gasteiger partial charge in [0.1, 0.15) is 5.70 Å². The zero-order chi connectivity index (χ0) is 28.6. The second-order valence-corrected chi connectivity index (χ2v) is 10.6. The van der Waals surface area contributed by atoms with Crippen LogP contribution in [0, 0.1) is 5.41 Å². The number of anilines is 2. The highest BCUT2D eigenvalue weighted by molar-refractivity contribution is 6.06. The molecule has 7 heteroatoms. The van der Waals surface area contributed by atoms with Crippen molar-refractivity contribution >= 4 is 17.3 Å². The van der Waals surface area contributed by atoms with E-state index in [9.17, 15) is 18.0 Å². The summed E-state index contributed by atoms with van der Waals surface area (Å²) in [7, 11) is 0. The van der Waals surface area contributed by atoms with Gasteiger partial charge >= 0.3 is 6.18 Å². The van der Waals surface area contributed by atoms with E-state index in [-0.39, 0.29) is 17.2 Å². The summed E-state index contributed by atoms with van der Waals surface area (Å²) in [4.78, 5) is 13.3. The summed E-state index contributed by atoms with van der Waals surface area (Å²) in [5, 5.41) is 9.22. The summed E-state index contributed by atoms with van der Waals surface area (Å²) in [6.45, 7) is 12.3. The van der Waals surface area contributed by atoms with Crippen LogP contribution in [0.3, 0.4) is 0 Å². The summed E-state index contributed by atoms with van der Waals surface area (Å²) in [6.07, 6.45) is -3.19. The van der Waals surface area contributed by atoms with Crippen molar-refractivity contribution < 1.29 is 18.0 Å². The van der Waals surface area contributed by atoms with Crippen LogP contribution in [0.5, 0.6) is 0 Å². The number of amides is 1. The fourth-order valence-corrected chi connectivity index (χ4v) is 3.92. The van der Waals surface area contributed by atoms with Crippen LogP contribution >= 0.6 is 0 Å². The quantitative estimate of drug-likeness (QED) is 0.182. The van der Waals surface area contributed by atoms with Gasteiger partial charge in [-0.3, -0.25) is 4.79 Å². The van der Waals surface area contributed by atoms with Gasteiger partial charge in [-0.2, -0.15) is 13.2 Å². The molecule has 0 bridgehead atoms. The highest BCUT2D eigenvalue weighted by atomic mass is 19.4. The molecule has 1 atom stereocenters. The molecule has 0 heterocycles. The van der Waals surface area contributed by atoms with Gasteiger partial charge in [0.05, 0.1) is 11.6 Å². The molecular formula is C32H36F3N3O. The third-order valence-corrected chi connectivity index (χ3v) is 5.99. The third kappa shape index (κ3) is 9.14. The van der Waals surface area contributed by atoms with Crippen molar-refractivity contribution in [1.29, 1.82) is 0 Å². The van der Waals surface area contributed by atoms with Crippen molar-refractivity contribution in [3.63, 3.8) is 0 Å². The minimum absolute atomic E-state index is 0.0418. The second kappa shape index (κ2) is 12.8. The number of rotatable bonds is 10. The van der Waals surface area contributed by atoms with E-state index in [1.807, 2.05) is 61.5 Å². The molecule has 3 aromatic carbocycles. The molecule has 3 N–H and O–H groups in total. The first-order chi connectivity index (χ1) is 18.4. The van der Waals surface area contributed by atoms with Crippen molar-refractivity contribution in [2.24, 2.45) is 5.41 Å². The van der Waals surface area contributed by atoms with Crippen LogP contribution in [0.15, 0.2) is 103 Å². The molecule has 0 saturated carbocycles. The van der Waals surface area contributed by atoms with Crippen molar-refractivity contribution in [3.8, 4) is 0 Å². The maximum Gasteiger partial charge on any atom is 0.415 e. The van der Waals surface area contributed by atoms with E-state index >= 15 is 0 Å². The van der Waals surface area contributed by atoms with Gasteiger partial charge in [0, 0.05) is 17.9 Å². The zero-order valence-electron chi connectivity index (χ0n) is 22.8. The van der Waals surface area contributed by atoms with E-state index in [4.69, 9.17) is 0 Å². The molecule has 3 rings (SSSR count). The number of alkyl halides is 3. The van der Waals surface area contributed by atoms with E-state index < -0.39 is 17.7 Å². The number of halogens is 3. The smallest absolute Gasteiger partial charge is 0.351 e. The van der Waals surface area contributed by atoms with Crippen LogP contribution in [0.1, 0.15) is 50.4 Å². The Balaban J connectivity index is 1.91. The van der Waals surface area contributed by atoms with Gasteiger partial charge in [-0.05, 0) is 58.9 Å². The summed E-state index contributed by atoms with van der Waals surface area (Å²) in [5.74, 6) is -0.710. The zero-order valence-corrected chi connectivity index (χ0v) is 22.8. The van der Waals surface area contributed by atoms with Crippen molar-refractivity contribution in [2.45, 2.75) is 46.3 Å². The van der Waals surface area contributed by atoms with Gasteiger partial charge in [-0.1, -0.05) is 88.9 Å². The number of carbonyl (C=O) groups excluding carboxylic acids is 1. The Morgan fingerprint density at radius 3 is 2.10 bits per heavy atom. The van der Waals surface area contributed by atoms with Gasteiger partial charge in [0.15, 0.2) is 0 Å². The molecule has 0 aromatic heterocycles. The normalized spacial score (nSPS) is 13.1. The monoisotopic (exact) mass is 535 g/mol. The maximum absolute atomic E-state index is 13.3. The molecule has 0 aliphatic carbocycles. The minimum atomic E-state index is -4.67. The van der Waals surface area contributed by atoms with E-state index in [0.717, 1.165) is 35.7 Å². The molecule has 39 heavy (non-hydrogen) atoms. The Hall–Kier alpha value is -3.84. The van der Waals surface area contributed by atoms with Crippen LogP contribution in [0.4, 0.5) is 24.5 Å². The lowest BCUT2D eigenvalue weighted by atomic mass is 9.93. The van der Waals surface area contributed by atoms with Crippen LogP contribution in [-0.4, -0.2) is 18.6 Å². The Kier molecular flexibility index (Phi) is 9.76. The Labute approximate surface area is 229 Å². The minimum Gasteiger partial charge on any atom is -0.351 e. The van der Waals surface area contributed by atoms with E-state index in [1.165, 1.54) is 0 Å². The topological polar surface area (TPSA) is 53.2 Å². The van der Waals surface area contributed by atoms with Crippen molar-refractivity contribution in [1.82, 2.24) is 5.32 Å². The van der Waals surface area contributed by atoms with Crippen molar-refractivity contribution in [2.75, 3.05) is 17.2 Å². The summed E-state index contributed by atoms with van der Waals surface area (Å²) >= 11 is 0. The molecule has 3 aromatic rings. The summed E-state index contributed by atoms with van der Waals surface area (Å²) in [5.41, 5.74) is 2.58. The van der Waals surface area contributed by atoms with Crippen molar-refractivity contribution in [3.05, 3.63) is 119 Å². The number of hydrogen-bond acceptors (Lipinski definition) is 3.